The number of hydrogen-bond donors (Lipinski definition) is 0. The quantitative estimate of drug-likeness (QED) is 0.241. The second kappa shape index (κ2) is 9.72. The van der Waals surface area contributed by atoms with E-state index in [1.807, 2.05) is 80.6 Å². The first-order valence-corrected chi connectivity index (χ1v) is 12.4. The first-order valence-electron chi connectivity index (χ1n) is 11.4. The number of para-hydroxylation sites is 1. The van der Waals surface area contributed by atoms with Gasteiger partial charge in [0.25, 0.3) is 5.56 Å². The van der Waals surface area contributed by atoms with Crippen LogP contribution in [0.4, 0.5) is 5.69 Å². The smallest absolute Gasteiger partial charge is 0.267 e. The number of aromatic nitrogens is 3. The highest BCUT2D eigenvalue weighted by Gasteiger charge is 2.20. The minimum absolute atomic E-state index is 0.0559. The maximum atomic E-state index is 13.4. The molecule has 2 aromatic heterocycles. The largest absolute Gasteiger partial charge is 0.311 e. The number of fused-ring (bicyclic) bond motifs is 2. The van der Waals surface area contributed by atoms with Gasteiger partial charge in [-0.15, -0.1) is 0 Å². The van der Waals surface area contributed by atoms with Crippen molar-refractivity contribution in [3.63, 3.8) is 0 Å². The van der Waals surface area contributed by atoms with Gasteiger partial charge in [0.15, 0.2) is 5.16 Å². The molecule has 0 spiro atoms. The molecule has 0 aliphatic carbocycles. The molecular formula is C28H24N4O2S. The number of anilines is 1. The summed E-state index contributed by atoms with van der Waals surface area (Å²) < 4.78 is 1.49. The molecule has 0 aliphatic rings. The lowest BCUT2D eigenvalue weighted by molar-refractivity contribution is -0.116. The summed E-state index contributed by atoms with van der Waals surface area (Å²) in [6.07, 6.45) is 1.72. The Labute approximate surface area is 207 Å². The number of carbonyl (C=O) groups is 1. The number of benzene rings is 3. The number of hydrogen-bond acceptors (Lipinski definition) is 5. The van der Waals surface area contributed by atoms with Gasteiger partial charge in [-0.1, -0.05) is 66.4 Å². The Kier molecular flexibility index (Phi) is 6.33. The Morgan fingerprint density at radius 1 is 0.943 bits per heavy atom. The Balaban J connectivity index is 1.51. The molecule has 0 fully saturated rings. The second-order valence-electron chi connectivity index (χ2n) is 8.17. The number of nitrogens with zero attached hydrogens (tertiary/aromatic N) is 4. The van der Waals surface area contributed by atoms with E-state index in [4.69, 9.17) is 4.98 Å². The molecule has 5 rings (SSSR count). The van der Waals surface area contributed by atoms with Crippen LogP contribution in [0.5, 0.6) is 0 Å². The number of pyridine rings is 1. The van der Waals surface area contributed by atoms with Crippen LogP contribution < -0.4 is 10.5 Å². The normalized spacial score (nSPS) is 11.1. The zero-order valence-electron chi connectivity index (χ0n) is 19.5. The highest BCUT2D eigenvalue weighted by molar-refractivity contribution is 7.99. The summed E-state index contributed by atoms with van der Waals surface area (Å²) in [5.41, 5.74) is 2.26. The molecule has 3 aromatic carbocycles. The van der Waals surface area contributed by atoms with E-state index < -0.39 is 0 Å². The van der Waals surface area contributed by atoms with Gasteiger partial charge in [-0.2, -0.15) is 0 Å². The molecule has 35 heavy (non-hydrogen) atoms. The topological polar surface area (TPSA) is 68.1 Å². The molecule has 0 aliphatic heterocycles. The van der Waals surface area contributed by atoms with Crippen LogP contribution in [0.3, 0.4) is 0 Å². The van der Waals surface area contributed by atoms with Gasteiger partial charge in [0.05, 0.1) is 22.3 Å². The third-order valence-electron chi connectivity index (χ3n) is 5.87. The van der Waals surface area contributed by atoms with Gasteiger partial charge in [0.1, 0.15) is 5.82 Å². The van der Waals surface area contributed by atoms with E-state index in [1.165, 1.54) is 16.3 Å². The van der Waals surface area contributed by atoms with Crippen LogP contribution >= 0.6 is 11.8 Å². The van der Waals surface area contributed by atoms with Crippen molar-refractivity contribution >= 4 is 45.0 Å². The van der Waals surface area contributed by atoms with Crippen LogP contribution in [0.2, 0.25) is 0 Å². The van der Waals surface area contributed by atoms with Crippen molar-refractivity contribution < 1.29 is 4.79 Å². The van der Waals surface area contributed by atoms with E-state index in [-0.39, 0.29) is 17.2 Å². The molecule has 0 atom stereocenters. The van der Waals surface area contributed by atoms with Crippen molar-refractivity contribution in [1.82, 2.24) is 14.5 Å². The summed E-state index contributed by atoms with van der Waals surface area (Å²) in [6, 6.07) is 24.9. The second-order valence-corrected chi connectivity index (χ2v) is 9.11. The van der Waals surface area contributed by atoms with Gasteiger partial charge in [-0.05, 0) is 49.1 Å². The monoisotopic (exact) mass is 480 g/mol. The van der Waals surface area contributed by atoms with Crippen LogP contribution in [-0.4, -0.2) is 32.7 Å². The van der Waals surface area contributed by atoms with Gasteiger partial charge < -0.3 is 4.90 Å². The fourth-order valence-corrected chi connectivity index (χ4v) is 5.01. The average Bonchev–Trinajstić information content (AvgIpc) is 2.89. The minimum atomic E-state index is -0.205. The summed E-state index contributed by atoms with van der Waals surface area (Å²) in [4.78, 5) is 37.8. The van der Waals surface area contributed by atoms with Crippen molar-refractivity contribution in [2.24, 2.45) is 0 Å². The van der Waals surface area contributed by atoms with Gasteiger partial charge in [0.2, 0.25) is 5.91 Å². The van der Waals surface area contributed by atoms with Crippen molar-refractivity contribution in [3.8, 4) is 5.82 Å². The molecule has 0 radical (unpaired) electrons. The summed E-state index contributed by atoms with van der Waals surface area (Å²) in [5.74, 6) is 0.558. The maximum absolute atomic E-state index is 13.4. The van der Waals surface area contributed by atoms with Crippen molar-refractivity contribution in [1.29, 1.82) is 0 Å². The number of aryl methyl sites for hydroxylation is 1. The molecule has 0 bridgehead atoms. The summed E-state index contributed by atoms with van der Waals surface area (Å²) in [6.45, 7) is 4.44. The van der Waals surface area contributed by atoms with Gasteiger partial charge in [-0.3, -0.25) is 9.59 Å². The molecule has 1 amide bonds. The van der Waals surface area contributed by atoms with Crippen LogP contribution in [0.1, 0.15) is 12.5 Å². The van der Waals surface area contributed by atoms with Gasteiger partial charge in [-0.25, -0.2) is 14.5 Å². The highest BCUT2D eigenvalue weighted by Crippen LogP contribution is 2.28. The Hall–Kier alpha value is -3.97. The van der Waals surface area contributed by atoms with E-state index in [0.717, 1.165) is 22.0 Å². The lowest BCUT2D eigenvalue weighted by Crippen LogP contribution is -2.32. The molecule has 5 aromatic rings. The predicted octanol–water partition coefficient (Wildman–Crippen LogP) is 5.39. The molecule has 0 saturated heterocycles. The van der Waals surface area contributed by atoms with Gasteiger partial charge >= 0.3 is 0 Å². The molecule has 0 unspecified atom stereocenters. The van der Waals surface area contributed by atoms with Crippen LogP contribution in [0, 0.1) is 6.92 Å². The van der Waals surface area contributed by atoms with Crippen LogP contribution in [0.25, 0.3) is 27.5 Å². The molecule has 6 nitrogen and oxygen atoms in total. The SMILES string of the molecule is CCN(C(=O)CSc1nc2ccccc2c(=O)n1-c1ccc(C)cn1)c1cccc2ccccc12. The summed E-state index contributed by atoms with van der Waals surface area (Å²) in [5, 5.41) is 3.06. The molecule has 0 saturated carbocycles. The Morgan fingerprint density at radius 2 is 1.69 bits per heavy atom. The number of carbonyl (C=O) groups excluding carboxylic acids is 1. The molecule has 0 N–H and O–H groups in total. The summed E-state index contributed by atoms with van der Waals surface area (Å²) in [7, 11) is 0. The average molecular weight is 481 g/mol. The van der Waals surface area contributed by atoms with Crippen LogP contribution in [-0.2, 0) is 4.79 Å². The van der Waals surface area contributed by atoms with E-state index in [2.05, 4.69) is 4.98 Å². The Morgan fingerprint density at radius 3 is 2.46 bits per heavy atom. The van der Waals surface area contributed by atoms with E-state index in [1.54, 1.807) is 23.2 Å². The minimum Gasteiger partial charge on any atom is -0.311 e. The lowest BCUT2D eigenvalue weighted by Gasteiger charge is -2.23. The van der Waals surface area contributed by atoms with E-state index in [0.29, 0.717) is 28.4 Å². The van der Waals surface area contributed by atoms with Crippen molar-refractivity contribution in [3.05, 3.63) is 101 Å². The van der Waals surface area contributed by atoms with Crippen LogP contribution in [0.15, 0.2) is 95.0 Å². The molecule has 2 heterocycles. The third kappa shape index (κ3) is 4.42. The Bertz CT molecular complexity index is 1590. The number of amides is 1. The maximum Gasteiger partial charge on any atom is 0.267 e. The highest BCUT2D eigenvalue weighted by atomic mass is 32.2. The number of thioether (sulfide) groups is 1. The fourth-order valence-electron chi connectivity index (χ4n) is 4.13. The standard InChI is InChI=1S/C28H24N4O2S/c1-3-31(24-14-8-10-20-9-4-5-11-21(20)24)26(33)18-35-28-30-23-13-7-6-12-22(23)27(34)32(28)25-16-15-19(2)17-29-25/h4-17H,3,18H2,1-2H3. The van der Waals surface area contributed by atoms with Crippen molar-refractivity contribution in [2.45, 2.75) is 19.0 Å². The molecular weight excluding hydrogens is 456 g/mol. The molecule has 174 valence electrons. The summed E-state index contributed by atoms with van der Waals surface area (Å²) >= 11 is 1.25. The number of rotatable bonds is 6. The molecule has 7 heteroatoms. The lowest BCUT2D eigenvalue weighted by atomic mass is 10.1. The predicted molar refractivity (Wildman–Crippen MR) is 143 cm³/mol. The van der Waals surface area contributed by atoms with Crippen molar-refractivity contribution in [2.75, 3.05) is 17.2 Å². The zero-order chi connectivity index (χ0) is 24.4. The first-order chi connectivity index (χ1) is 17.1. The zero-order valence-corrected chi connectivity index (χ0v) is 20.3. The van der Waals surface area contributed by atoms with E-state index >= 15 is 0 Å². The van der Waals surface area contributed by atoms with E-state index in [9.17, 15) is 9.59 Å². The third-order valence-corrected chi connectivity index (χ3v) is 6.79. The first kappa shape index (κ1) is 22.8. The van der Waals surface area contributed by atoms with Gasteiger partial charge in [0, 0.05) is 18.1 Å². The fraction of sp³-hybridized carbons (Fsp3) is 0.143.